The van der Waals surface area contributed by atoms with E-state index < -0.39 is 31.0 Å². The van der Waals surface area contributed by atoms with Crippen molar-refractivity contribution in [2.45, 2.75) is 24.4 Å². The summed E-state index contributed by atoms with van der Waals surface area (Å²) in [6.07, 6.45) is -5.00. The first kappa shape index (κ1) is 10.5. The third-order valence-electron chi connectivity index (χ3n) is 1.98. The summed E-state index contributed by atoms with van der Waals surface area (Å²) in [7, 11) is 5.10. The van der Waals surface area contributed by atoms with Crippen molar-refractivity contribution in [1.82, 2.24) is 0 Å². The Labute approximate surface area is 76.7 Å². The number of rotatable bonds is 1. The molecule has 0 spiro atoms. The highest BCUT2D eigenvalue weighted by Crippen LogP contribution is 2.22. The summed E-state index contributed by atoms with van der Waals surface area (Å²) in [5, 5.41) is 36.5. The number of hydrogen-bond donors (Lipinski definition) is 4. The largest absolute Gasteiger partial charge is 0.488 e. The summed E-state index contributed by atoms with van der Waals surface area (Å²) < 4.78 is 4.91. The standard InChI is InChI=1S/C7H11BO5/c8-1-3-5(10)7(12)6(11)4(2-9)13-3/h1,4-7,9-12H,2H2/b3-1-/t4?,5-,6+,7?/m1/s1. The number of hydrogen-bond acceptors (Lipinski definition) is 5. The average Bonchev–Trinajstić information content (AvgIpc) is 2.15. The van der Waals surface area contributed by atoms with Crippen molar-refractivity contribution in [3.63, 3.8) is 0 Å². The molecule has 72 valence electrons. The lowest BCUT2D eigenvalue weighted by Crippen LogP contribution is -2.53. The molecule has 5 nitrogen and oxygen atoms in total. The Morgan fingerprint density at radius 1 is 1.31 bits per heavy atom. The van der Waals surface area contributed by atoms with Gasteiger partial charge in [0.15, 0.2) is 0 Å². The van der Waals surface area contributed by atoms with Crippen LogP contribution >= 0.6 is 0 Å². The van der Waals surface area contributed by atoms with Gasteiger partial charge in [0.1, 0.15) is 38.0 Å². The van der Waals surface area contributed by atoms with E-state index in [0.29, 0.717) is 0 Å². The maximum atomic E-state index is 9.26. The van der Waals surface area contributed by atoms with Crippen LogP contribution in [0, 0.1) is 0 Å². The number of aliphatic hydroxyl groups excluding tert-OH is 4. The van der Waals surface area contributed by atoms with Gasteiger partial charge in [-0.1, -0.05) is 5.98 Å². The van der Waals surface area contributed by atoms with Crippen LogP contribution in [0.3, 0.4) is 0 Å². The van der Waals surface area contributed by atoms with E-state index in [1.54, 1.807) is 0 Å². The Bertz CT molecular complexity index is 205. The Morgan fingerprint density at radius 3 is 2.38 bits per heavy atom. The van der Waals surface area contributed by atoms with E-state index in [2.05, 4.69) is 0 Å². The van der Waals surface area contributed by atoms with Gasteiger partial charge in [-0.3, -0.25) is 0 Å². The van der Waals surface area contributed by atoms with E-state index in [4.69, 9.17) is 17.7 Å². The van der Waals surface area contributed by atoms with Gasteiger partial charge < -0.3 is 25.2 Å². The quantitative estimate of drug-likeness (QED) is 0.339. The van der Waals surface area contributed by atoms with Gasteiger partial charge in [0.2, 0.25) is 0 Å². The first-order valence-electron chi connectivity index (χ1n) is 3.85. The van der Waals surface area contributed by atoms with Crippen LogP contribution in [-0.4, -0.2) is 59.3 Å². The highest BCUT2D eigenvalue weighted by molar-refractivity contribution is 6.17. The van der Waals surface area contributed by atoms with Gasteiger partial charge >= 0.3 is 0 Å². The van der Waals surface area contributed by atoms with Crippen molar-refractivity contribution >= 4 is 7.85 Å². The minimum Gasteiger partial charge on any atom is -0.488 e. The lowest BCUT2D eigenvalue weighted by molar-refractivity contribution is -0.164. The van der Waals surface area contributed by atoms with Crippen LogP contribution in [0.15, 0.2) is 11.7 Å². The molecule has 1 fully saturated rings. The van der Waals surface area contributed by atoms with Gasteiger partial charge in [-0.15, -0.1) is 0 Å². The van der Waals surface area contributed by atoms with Crippen LogP contribution in [0.4, 0.5) is 0 Å². The molecule has 0 bridgehead atoms. The molecule has 0 saturated carbocycles. The van der Waals surface area contributed by atoms with E-state index in [9.17, 15) is 15.3 Å². The molecule has 4 atom stereocenters. The zero-order chi connectivity index (χ0) is 10.0. The molecule has 1 aliphatic heterocycles. The lowest BCUT2D eigenvalue weighted by Gasteiger charge is -2.36. The molecule has 1 rings (SSSR count). The summed E-state index contributed by atoms with van der Waals surface area (Å²) in [6.45, 7) is -0.456. The van der Waals surface area contributed by atoms with E-state index in [1.165, 1.54) is 0 Å². The molecule has 2 radical (unpaired) electrons. The van der Waals surface area contributed by atoms with Crippen molar-refractivity contribution in [3.05, 3.63) is 11.7 Å². The maximum absolute atomic E-state index is 9.26. The van der Waals surface area contributed by atoms with Gasteiger partial charge in [-0.2, -0.15) is 0 Å². The molecule has 2 unspecified atom stereocenters. The molecule has 13 heavy (non-hydrogen) atoms. The van der Waals surface area contributed by atoms with Crippen molar-refractivity contribution in [2.75, 3.05) is 6.61 Å². The Kier molecular flexibility index (Phi) is 3.32. The van der Waals surface area contributed by atoms with Crippen LogP contribution in [0.1, 0.15) is 0 Å². The van der Waals surface area contributed by atoms with Gasteiger partial charge in [-0.05, 0) is 0 Å². The SMILES string of the molecule is [B]/C=C1\OC(CO)[C@H](O)C(O)[C@@H]1O. The Hall–Kier alpha value is -0.555. The smallest absolute Gasteiger partial charge is 0.150 e. The van der Waals surface area contributed by atoms with Gasteiger partial charge in [-0.25, -0.2) is 0 Å². The third kappa shape index (κ3) is 1.86. The molecule has 1 aliphatic rings. The topological polar surface area (TPSA) is 90.2 Å². The second-order valence-electron chi connectivity index (χ2n) is 2.83. The molecule has 6 heteroatoms. The summed E-state index contributed by atoms with van der Waals surface area (Å²) in [6, 6.07) is 0. The molecule has 0 aromatic heterocycles. The Balaban J connectivity index is 2.78. The second kappa shape index (κ2) is 4.10. The van der Waals surface area contributed by atoms with Crippen molar-refractivity contribution in [2.24, 2.45) is 0 Å². The number of ether oxygens (including phenoxy) is 1. The first-order valence-corrected chi connectivity index (χ1v) is 3.85. The van der Waals surface area contributed by atoms with Crippen LogP contribution in [0.2, 0.25) is 0 Å². The maximum Gasteiger partial charge on any atom is 0.150 e. The van der Waals surface area contributed by atoms with Crippen LogP contribution in [0.5, 0.6) is 0 Å². The van der Waals surface area contributed by atoms with Crippen molar-refractivity contribution in [3.8, 4) is 0 Å². The number of aliphatic hydroxyl groups is 4. The molecule has 0 aromatic carbocycles. The fourth-order valence-electron chi connectivity index (χ4n) is 1.17. The zero-order valence-electron chi connectivity index (χ0n) is 6.87. The fourth-order valence-corrected chi connectivity index (χ4v) is 1.17. The summed E-state index contributed by atoms with van der Waals surface area (Å²) in [5.74, 6) is 0.944. The molecule has 1 heterocycles. The highest BCUT2D eigenvalue weighted by atomic mass is 16.5. The summed E-state index contributed by atoms with van der Waals surface area (Å²) >= 11 is 0. The fraction of sp³-hybridized carbons (Fsp3) is 0.714. The molecule has 0 aliphatic carbocycles. The molecule has 4 N–H and O–H groups in total. The van der Waals surface area contributed by atoms with Gasteiger partial charge in [0, 0.05) is 0 Å². The molecule has 0 amide bonds. The Morgan fingerprint density at radius 2 is 1.92 bits per heavy atom. The van der Waals surface area contributed by atoms with Gasteiger partial charge in [0.25, 0.3) is 0 Å². The predicted molar refractivity (Wildman–Crippen MR) is 43.8 cm³/mol. The van der Waals surface area contributed by atoms with E-state index in [-0.39, 0.29) is 5.76 Å². The van der Waals surface area contributed by atoms with E-state index in [1.807, 2.05) is 0 Å². The highest BCUT2D eigenvalue weighted by Gasteiger charge is 2.40. The molecular weight excluding hydrogens is 175 g/mol. The first-order chi connectivity index (χ1) is 6.11. The predicted octanol–water partition coefficient (Wildman–Crippen LogP) is -2.53. The lowest BCUT2D eigenvalue weighted by atomic mass is 9.95. The normalized spacial score (nSPS) is 43.2. The summed E-state index contributed by atoms with van der Waals surface area (Å²) in [5.41, 5.74) is 0. The monoisotopic (exact) mass is 186 g/mol. The minimum atomic E-state index is -1.39. The van der Waals surface area contributed by atoms with Gasteiger partial charge in [0.05, 0.1) is 6.61 Å². The van der Waals surface area contributed by atoms with Crippen molar-refractivity contribution in [1.29, 1.82) is 0 Å². The zero-order valence-corrected chi connectivity index (χ0v) is 6.87. The van der Waals surface area contributed by atoms with Crippen LogP contribution < -0.4 is 0 Å². The summed E-state index contributed by atoms with van der Waals surface area (Å²) in [4.78, 5) is 0. The average molecular weight is 186 g/mol. The van der Waals surface area contributed by atoms with E-state index >= 15 is 0 Å². The van der Waals surface area contributed by atoms with Crippen molar-refractivity contribution < 1.29 is 25.2 Å². The minimum absolute atomic E-state index is 0.0446. The van der Waals surface area contributed by atoms with Crippen LogP contribution in [-0.2, 0) is 4.74 Å². The molecule has 1 saturated heterocycles. The second-order valence-corrected chi connectivity index (χ2v) is 2.83. The van der Waals surface area contributed by atoms with Crippen LogP contribution in [0.25, 0.3) is 0 Å². The third-order valence-corrected chi connectivity index (χ3v) is 1.98. The molecular formula is C7H11BO5. The molecule has 0 aromatic rings. The van der Waals surface area contributed by atoms with E-state index in [0.717, 1.165) is 5.98 Å².